The lowest BCUT2D eigenvalue weighted by molar-refractivity contribution is -0.117. The Bertz CT molecular complexity index is 440. The van der Waals surface area contributed by atoms with Crippen molar-refractivity contribution in [2.24, 2.45) is 0 Å². The highest BCUT2D eigenvalue weighted by Crippen LogP contribution is 2.30. The quantitative estimate of drug-likeness (QED) is 0.793. The molecule has 0 aliphatic carbocycles. The number of nitrogens with one attached hydrogen (secondary N) is 1. The highest BCUT2D eigenvalue weighted by molar-refractivity contribution is 6.30. The molecule has 1 amide bonds. The monoisotopic (exact) mass is 223 g/mol. The van der Waals surface area contributed by atoms with E-state index in [0.29, 0.717) is 11.6 Å². The van der Waals surface area contributed by atoms with E-state index in [2.05, 4.69) is 5.32 Å². The largest absolute Gasteiger partial charge is 0.489 e. The molecule has 15 heavy (non-hydrogen) atoms. The van der Waals surface area contributed by atoms with Gasteiger partial charge in [-0.25, -0.2) is 0 Å². The molecule has 1 N–H and O–H groups in total. The molecule has 0 spiro atoms. The number of amides is 1. The van der Waals surface area contributed by atoms with Gasteiger partial charge in [0.2, 0.25) is 5.91 Å². The Balaban J connectivity index is 2.40. The topological polar surface area (TPSA) is 38.3 Å². The Kier molecular flexibility index (Phi) is 2.64. The molecule has 0 saturated heterocycles. The first-order chi connectivity index (χ1) is 7.16. The molecular formula is C11H10ClNO2. The van der Waals surface area contributed by atoms with E-state index >= 15 is 0 Å². The molecule has 0 radical (unpaired) electrons. The van der Waals surface area contributed by atoms with Crippen LogP contribution in [0.25, 0.3) is 5.70 Å². The molecule has 1 heterocycles. The van der Waals surface area contributed by atoms with Gasteiger partial charge in [0.15, 0.2) is 0 Å². The highest BCUT2D eigenvalue weighted by Gasteiger charge is 2.14. The second kappa shape index (κ2) is 3.95. The Morgan fingerprint density at radius 3 is 3.07 bits per heavy atom. The van der Waals surface area contributed by atoms with Crippen molar-refractivity contribution >= 4 is 23.2 Å². The third-order valence-corrected chi connectivity index (χ3v) is 2.30. The minimum Gasteiger partial charge on any atom is -0.489 e. The molecule has 0 bridgehead atoms. The van der Waals surface area contributed by atoms with Crippen LogP contribution in [0.3, 0.4) is 0 Å². The van der Waals surface area contributed by atoms with Gasteiger partial charge in [-0.05, 0) is 24.3 Å². The molecule has 1 aromatic carbocycles. The third kappa shape index (κ3) is 2.13. The molecule has 0 saturated carbocycles. The van der Waals surface area contributed by atoms with Gasteiger partial charge in [0, 0.05) is 17.5 Å². The van der Waals surface area contributed by atoms with Crippen molar-refractivity contribution in [2.75, 3.05) is 6.61 Å². The summed E-state index contributed by atoms with van der Waals surface area (Å²) in [6.45, 7) is 1.94. The first-order valence-electron chi connectivity index (χ1n) is 4.57. The van der Waals surface area contributed by atoms with Crippen LogP contribution in [0.1, 0.15) is 12.5 Å². The van der Waals surface area contributed by atoms with Gasteiger partial charge in [0.1, 0.15) is 12.4 Å². The second-order valence-corrected chi connectivity index (χ2v) is 3.69. The van der Waals surface area contributed by atoms with E-state index in [4.69, 9.17) is 16.3 Å². The average molecular weight is 224 g/mol. The summed E-state index contributed by atoms with van der Waals surface area (Å²) in [6, 6.07) is 5.33. The number of hydrogen-bond donors (Lipinski definition) is 1. The summed E-state index contributed by atoms with van der Waals surface area (Å²) < 4.78 is 5.40. The van der Waals surface area contributed by atoms with Crippen molar-refractivity contribution < 1.29 is 9.53 Å². The van der Waals surface area contributed by atoms with E-state index in [1.54, 1.807) is 18.2 Å². The first kappa shape index (κ1) is 10.1. The van der Waals surface area contributed by atoms with Crippen LogP contribution < -0.4 is 10.1 Å². The predicted molar refractivity (Wildman–Crippen MR) is 58.7 cm³/mol. The van der Waals surface area contributed by atoms with E-state index in [-0.39, 0.29) is 5.91 Å². The normalized spacial score (nSPS) is 13.6. The summed E-state index contributed by atoms with van der Waals surface area (Å²) in [5, 5.41) is 3.37. The van der Waals surface area contributed by atoms with Crippen LogP contribution in [0.15, 0.2) is 24.3 Å². The molecule has 4 heteroatoms. The average Bonchev–Trinajstić information content (AvgIpc) is 2.18. The van der Waals surface area contributed by atoms with Gasteiger partial charge in [-0.15, -0.1) is 0 Å². The fourth-order valence-electron chi connectivity index (χ4n) is 1.47. The number of halogens is 1. The van der Waals surface area contributed by atoms with Gasteiger partial charge in [-0.1, -0.05) is 11.6 Å². The van der Waals surface area contributed by atoms with Crippen LogP contribution in [-0.4, -0.2) is 12.5 Å². The van der Waals surface area contributed by atoms with Crippen molar-refractivity contribution in [1.82, 2.24) is 5.32 Å². The number of benzene rings is 1. The summed E-state index contributed by atoms with van der Waals surface area (Å²) in [6.07, 6.45) is 1.82. The van der Waals surface area contributed by atoms with Crippen LogP contribution in [0, 0.1) is 0 Å². The van der Waals surface area contributed by atoms with Crippen LogP contribution in [0.5, 0.6) is 5.75 Å². The zero-order valence-corrected chi connectivity index (χ0v) is 8.97. The molecule has 78 valence electrons. The fourth-order valence-corrected chi connectivity index (χ4v) is 1.64. The summed E-state index contributed by atoms with van der Waals surface area (Å²) in [5.41, 5.74) is 1.58. The lowest BCUT2D eigenvalue weighted by Gasteiger charge is -2.18. The first-order valence-corrected chi connectivity index (χ1v) is 4.95. The molecule has 1 aromatic rings. The number of fused-ring (bicyclic) bond motifs is 1. The SMILES string of the molecule is CC(=O)NC1=CCOc2ccc(Cl)cc21. The van der Waals surface area contributed by atoms with E-state index in [9.17, 15) is 4.79 Å². The zero-order chi connectivity index (χ0) is 10.8. The molecule has 3 nitrogen and oxygen atoms in total. The van der Waals surface area contributed by atoms with Gasteiger partial charge in [0.25, 0.3) is 0 Å². The molecule has 0 fully saturated rings. The maximum absolute atomic E-state index is 11.0. The number of ether oxygens (including phenoxy) is 1. The van der Waals surface area contributed by atoms with Gasteiger partial charge in [-0.2, -0.15) is 0 Å². The van der Waals surface area contributed by atoms with Crippen molar-refractivity contribution in [1.29, 1.82) is 0 Å². The standard InChI is InChI=1S/C11H10ClNO2/c1-7(14)13-10-4-5-15-11-3-2-8(12)6-9(10)11/h2-4,6H,5H2,1H3,(H,13,14). The Morgan fingerprint density at radius 2 is 2.33 bits per heavy atom. The Hall–Kier alpha value is -1.48. The van der Waals surface area contributed by atoms with Crippen LogP contribution in [-0.2, 0) is 4.79 Å². The number of hydrogen-bond acceptors (Lipinski definition) is 2. The number of rotatable bonds is 1. The van der Waals surface area contributed by atoms with Crippen LogP contribution >= 0.6 is 11.6 Å². The molecule has 0 atom stereocenters. The maximum atomic E-state index is 11.0. The molecule has 0 unspecified atom stereocenters. The van der Waals surface area contributed by atoms with Gasteiger partial charge >= 0.3 is 0 Å². The molecular weight excluding hydrogens is 214 g/mol. The van der Waals surface area contributed by atoms with Gasteiger partial charge < -0.3 is 10.1 Å². The number of carbonyl (C=O) groups excluding carboxylic acids is 1. The second-order valence-electron chi connectivity index (χ2n) is 3.25. The Morgan fingerprint density at radius 1 is 1.53 bits per heavy atom. The molecule has 1 aliphatic rings. The maximum Gasteiger partial charge on any atom is 0.221 e. The lowest BCUT2D eigenvalue weighted by Crippen LogP contribution is -2.21. The molecule has 1 aliphatic heterocycles. The summed E-state index contributed by atoms with van der Waals surface area (Å²) in [4.78, 5) is 11.0. The third-order valence-electron chi connectivity index (χ3n) is 2.07. The zero-order valence-electron chi connectivity index (χ0n) is 8.21. The van der Waals surface area contributed by atoms with Gasteiger partial charge in [-0.3, -0.25) is 4.79 Å². The number of carbonyl (C=O) groups is 1. The van der Waals surface area contributed by atoms with Crippen LogP contribution in [0.4, 0.5) is 0 Å². The van der Waals surface area contributed by atoms with Crippen molar-refractivity contribution in [3.8, 4) is 5.75 Å². The van der Waals surface area contributed by atoms with Crippen molar-refractivity contribution in [2.45, 2.75) is 6.92 Å². The van der Waals surface area contributed by atoms with E-state index in [1.165, 1.54) is 6.92 Å². The van der Waals surface area contributed by atoms with Crippen molar-refractivity contribution in [3.63, 3.8) is 0 Å². The lowest BCUT2D eigenvalue weighted by atomic mass is 10.1. The molecule has 0 aromatic heterocycles. The predicted octanol–water partition coefficient (Wildman–Crippen LogP) is 2.21. The molecule has 2 rings (SSSR count). The van der Waals surface area contributed by atoms with E-state index in [0.717, 1.165) is 17.0 Å². The smallest absolute Gasteiger partial charge is 0.221 e. The summed E-state index contributed by atoms with van der Waals surface area (Å²) in [7, 11) is 0. The summed E-state index contributed by atoms with van der Waals surface area (Å²) in [5.74, 6) is 0.639. The minimum absolute atomic E-state index is 0.103. The van der Waals surface area contributed by atoms with E-state index < -0.39 is 0 Å². The van der Waals surface area contributed by atoms with Crippen LogP contribution in [0.2, 0.25) is 5.02 Å². The fraction of sp³-hybridized carbons (Fsp3) is 0.182. The minimum atomic E-state index is -0.103. The Labute approximate surface area is 92.7 Å². The summed E-state index contributed by atoms with van der Waals surface area (Å²) >= 11 is 5.88. The van der Waals surface area contributed by atoms with E-state index in [1.807, 2.05) is 6.08 Å². The van der Waals surface area contributed by atoms with Crippen molar-refractivity contribution in [3.05, 3.63) is 34.9 Å². The highest BCUT2D eigenvalue weighted by atomic mass is 35.5. The van der Waals surface area contributed by atoms with Gasteiger partial charge in [0.05, 0.1) is 5.70 Å².